The minimum Gasteiger partial charge on any atom is -0.390 e. The predicted octanol–water partition coefficient (Wildman–Crippen LogP) is 5.96. The van der Waals surface area contributed by atoms with E-state index in [2.05, 4.69) is 207 Å². The van der Waals surface area contributed by atoms with Crippen LogP contribution in [0.4, 0.5) is 4.39 Å². The number of nitrogens with one attached hydrogen (secondary N) is 6. The summed E-state index contributed by atoms with van der Waals surface area (Å²) in [6.45, 7) is 35.6. The molecule has 7 aliphatic rings. The Labute approximate surface area is 859 Å². The van der Waals surface area contributed by atoms with Gasteiger partial charge >= 0.3 is 0 Å². The average molecular weight is 2200 g/mol. The van der Waals surface area contributed by atoms with Gasteiger partial charge < -0.3 is 104 Å². The van der Waals surface area contributed by atoms with Crippen LogP contribution in [-0.2, 0) is 33.2 Å². The molecule has 148 heavy (non-hydrogen) atoms. The standard InChI is InChI=1S/C17H27N4O3P.C16H23N4O4P.2C16H25N4O4P.C15H22ClN4O3P.C15H22FN4O3P/c1-10-13(22)17(3,7-8-25(4,5)6)24-16(10)21-9-18-12-14(21)19-11(2)20-15(12)23;1-9-18-13-10(14(22)19-9)17-8-20(13)15-11-12(21)16(24-15,7-23-11)5-6-25(2,3)4;2*1-9-18-13-11(14(22)19-9)17-8-20(13)15-16(2,23)12(21)10(24-15)6-7-25(3,4)5;2*1-8-18-13-11(14(22)19-8)17-7-20(13)15-10(16)12(21)9(23-15)5-6-24(2,3)4/h9-10,13,16,22H,4,7-8H2,1-3,5-6H3,(H,19,20,23);8,11-12,15,21H,2,5-7H2,1,3-4H3,(H,18,19,22);2*8,10,12,15,21,23H,3,6-7H2,1-2,4-5H3,(H,18,19,22);2*7,9-10,12,15,21H,2,5-6H2,1,3-4H3,(H,18,19,22)/t10-,13+,16-,17-;11-,12+,15-,16+;10-,12-,15-,16+;10-,12-,15-,16-;2*9-,10-,12-,15-/m111111/s1. The second kappa shape index (κ2) is 43.5. The number of aryl methyl sites for hydroxylation is 6. The third-order valence-corrected chi connectivity index (χ3v) is 36.6. The summed E-state index contributed by atoms with van der Waals surface area (Å²) in [5.41, 5.74) is -2.89. The van der Waals surface area contributed by atoms with Crippen LogP contribution in [0.2, 0.25) is 0 Å². The molecular weight excluding hydrogens is 2050 g/mol. The number of nitrogens with zero attached hydrogens (tertiary/aromatic N) is 18. The summed E-state index contributed by atoms with van der Waals surface area (Å²) in [5, 5.41) is 84.3. The smallest absolute Gasteiger partial charge is 0.279 e. The van der Waals surface area contributed by atoms with E-state index in [-0.39, 0.29) is 84.1 Å². The van der Waals surface area contributed by atoms with Gasteiger partial charge in [0, 0.05) is 5.92 Å². The van der Waals surface area contributed by atoms with E-state index < -0.39 is 174 Å². The molecule has 2 bridgehead atoms. The van der Waals surface area contributed by atoms with Crippen molar-refractivity contribution >= 4 is 158 Å². The third-order valence-electron chi connectivity index (χ3n) is 27.4. The SMILES string of the molecule is C=P(C)(C)CC[C@@]1(C)O[C@@H](n2cnc3c(=O)[nH]c(C)nc32)[C@H](C)[C@@H]1O.C=P(C)(C)CC[C@@]12CO[C@@H]([C@H](n3cnc4c(=O)[nH]c(C)nc43)O1)[C@@H]2O.C=P(C)(C)CC[C@H]1O[C@@H](n2cnc3c(=O)[nH]c(C)nc32)[C@@](C)(O)[C@@H]1O.C=P(C)(C)CC[C@H]1O[C@@H](n2cnc3c(=O)[nH]c(C)nc32)[C@H](Cl)[C@@H]1O.C=P(C)(C)CC[C@H]1O[C@@H](n2cnc3c(=O)[nH]c(C)nc32)[C@H](F)[C@@H]1O.C=P(C)(C)CC[C@H]1O[C@@H](n2cnc3c(=O)[nH]c(C)nc32)[C@](C)(O)[C@@H]1O. The fourth-order valence-corrected chi connectivity index (χ4v) is 25.2. The van der Waals surface area contributed by atoms with E-state index in [0.29, 0.717) is 102 Å². The minimum atomic E-state index is -1.61. The molecule has 7 saturated heterocycles. The van der Waals surface area contributed by atoms with Crippen LogP contribution in [0.15, 0.2) is 66.7 Å². The van der Waals surface area contributed by atoms with Gasteiger partial charge in [-0.3, -0.25) is 56.2 Å². The van der Waals surface area contributed by atoms with Gasteiger partial charge in [-0.25, -0.2) is 64.2 Å². The van der Waals surface area contributed by atoms with Gasteiger partial charge in [0.25, 0.3) is 33.4 Å². The molecule has 0 unspecified atom stereocenters. The van der Waals surface area contributed by atoms with Crippen LogP contribution in [0.25, 0.3) is 67.0 Å². The van der Waals surface area contributed by atoms with Gasteiger partial charge in [-0.2, -0.15) is 0 Å². The molecule has 0 spiro atoms. The lowest BCUT2D eigenvalue weighted by atomic mass is 9.90. The summed E-state index contributed by atoms with van der Waals surface area (Å²) in [7, 11) is 0. The predicted molar refractivity (Wildman–Crippen MR) is 587 cm³/mol. The second-order valence-corrected chi connectivity index (χ2v) is 71.2. The molecule has 7 aliphatic heterocycles. The summed E-state index contributed by atoms with van der Waals surface area (Å²) in [4.78, 5) is 138. The Morgan fingerprint density at radius 1 is 0.378 bits per heavy atom. The monoisotopic (exact) mass is 2200 g/mol. The van der Waals surface area contributed by atoms with Gasteiger partial charge in [-0.05, 0) is 218 Å². The fraction of sp³-hybridized carbons (Fsp3) is 0.621. The molecule has 45 nitrogen and oxygen atoms in total. The molecule has 814 valence electrons. The number of H-pyrrole nitrogens is 6. The second-order valence-electron chi connectivity index (χ2n) is 44.8. The van der Waals surface area contributed by atoms with Crippen LogP contribution >= 0.6 is 52.9 Å². The van der Waals surface area contributed by atoms with Crippen molar-refractivity contribution < 1.29 is 78.4 Å². The van der Waals surface area contributed by atoms with E-state index in [1.807, 2.05) is 13.8 Å². The van der Waals surface area contributed by atoms with Crippen LogP contribution < -0.4 is 33.4 Å². The van der Waals surface area contributed by atoms with Crippen molar-refractivity contribution in [3.05, 3.63) is 135 Å². The Kier molecular flexibility index (Phi) is 33.8. The van der Waals surface area contributed by atoms with E-state index in [4.69, 9.17) is 44.8 Å². The highest BCUT2D eigenvalue weighted by atomic mass is 35.5. The van der Waals surface area contributed by atoms with Gasteiger partial charge in [0.05, 0.1) is 80.7 Å². The first kappa shape index (κ1) is 115. The maximum atomic E-state index is 14.6. The Hall–Kier alpha value is -8.48. The van der Waals surface area contributed by atoms with Crippen molar-refractivity contribution in [2.75, 3.05) is 124 Å². The summed E-state index contributed by atoms with van der Waals surface area (Å²) in [5.74, 6) is 2.66. The molecule has 7 fully saturated rings. The van der Waals surface area contributed by atoms with Gasteiger partial charge in [0.15, 0.2) is 104 Å². The molecule has 24 atom stereocenters. The summed E-state index contributed by atoms with van der Waals surface area (Å²) in [6.07, 6.45) is 29.1. The molecular formula is C95H144ClFN24O21P6. The van der Waals surface area contributed by atoms with Crippen molar-refractivity contribution in [2.24, 2.45) is 5.92 Å². The Balaban J connectivity index is 0.000000140. The number of aliphatic hydroxyl groups excluding tert-OH is 6. The number of halogens is 2. The molecule has 0 amide bonds. The average Bonchev–Trinajstić information content (AvgIpc) is 1.56. The lowest BCUT2D eigenvalue weighted by Gasteiger charge is -2.32. The maximum Gasteiger partial charge on any atom is 0.279 e. The van der Waals surface area contributed by atoms with Gasteiger partial charge in [0.2, 0.25) is 0 Å². The van der Waals surface area contributed by atoms with E-state index >= 15 is 0 Å². The number of ether oxygens (including phenoxy) is 7. The number of imidazole rings is 6. The molecule has 0 aromatic carbocycles. The normalized spacial score (nSPS) is 29.8. The first-order valence-electron chi connectivity index (χ1n) is 48.6. The highest BCUT2D eigenvalue weighted by Crippen LogP contribution is 2.53. The van der Waals surface area contributed by atoms with Gasteiger partial charge in [0.1, 0.15) is 100.0 Å². The van der Waals surface area contributed by atoms with E-state index in [9.17, 15) is 74.0 Å². The van der Waals surface area contributed by atoms with Gasteiger partial charge in [-0.1, -0.05) is 6.92 Å². The van der Waals surface area contributed by atoms with Crippen molar-refractivity contribution in [3.63, 3.8) is 0 Å². The lowest BCUT2D eigenvalue weighted by Crippen LogP contribution is -2.43. The zero-order valence-electron chi connectivity index (χ0n) is 87.8. The summed E-state index contributed by atoms with van der Waals surface area (Å²) >= 11 is 6.40. The number of hydrogen-bond donors (Lipinski definition) is 14. The molecule has 19 rings (SSSR count). The zero-order valence-corrected chi connectivity index (χ0v) is 93.9. The van der Waals surface area contributed by atoms with Crippen molar-refractivity contribution in [2.45, 2.75) is 246 Å². The largest absolute Gasteiger partial charge is 0.390 e. The zero-order chi connectivity index (χ0) is 109. The molecule has 12 aromatic heterocycles. The number of hydrogen-bond acceptors (Lipinski definition) is 33. The van der Waals surface area contributed by atoms with Crippen LogP contribution in [-0.4, -0.2) is 420 Å². The molecule has 0 saturated carbocycles. The molecule has 19 heterocycles. The quantitative estimate of drug-likeness (QED) is 0.0245. The first-order chi connectivity index (χ1) is 68.6. The number of aromatic nitrogens is 24. The maximum absolute atomic E-state index is 14.6. The van der Waals surface area contributed by atoms with Crippen LogP contribution in [0.3, 0.4) is 0 Å². The van der Waals surface area contributed by atoms with Crippen LogP contribution in [0, 0.1) is 47.5 Å². The fourth-order valence-electron chi connectivity index (χ4n) is 19.0. The topological polar surface area (TPSA) is 608 Å². The Bertz CT molecular complexity index is 7240. The van der Waals surface area contributed by atoms with Crippen LogP contribution in [0.5, 0.6) is 0 Å². The minimum absolute atomic E-state index is 0.124. The number of fused-ring (bicyclic) bond motifs is 8. The Morgan fingerprint density at radius 3 is 0.986 bits per heavy atom. The van der Waals surface area contributed by atoms with Gasteiger partial charge in [-0.15, -0.1) is 90.7 Å². The van der Waals surface area contributed by atoms with Crippen molar-refractivity contribution in [3.8, 4) is 0 Å². The number of alkyl halides is 2. The number of aromatic amines is 6. The number of aliphatic hydroxyl groups is 8. The molecule has 12 aromatic rings. The third kappa shape index (κ3) is 25.1. The lowest BCUT2D eigenvalue weighted by molar-refractivity contribution is -0.172. The molecule has 14 N–H and O–H groups in total. The highest BCUT2D eigenvalue weighted by Gasteiger charge is 2.62. The van der Waals surface area contributed by atoms with Crippen LogP contribution in [0.1, 0.15) is 139 Å². The molecule has 53 heteroatoms. The van der Waals surface area contributed by atoms with E-state index in [1.54, 1.807) is 61.6 Å². The summed E-state index contributed by atoms with van der Waals surface area (Å²) < 4.78 is 66.2. The van der Waals surface area contributed by atoms with E-state index in [0.717, 1.165) is 43.4 Å². The Morgan fingerprint density at radius 2 is 0.655 bits per heavy atom. The summed E-state index contributed by atoms with van der Waals surface area (Å²) in [6, 6.07) is 0. The number of rotatable bonds is 24. The molecule has 0 radical (unpaired) electrons. The molecule has 0 aliphatic carbocycles. The van der Waals surface area contributed by atoms with Crippen molar-refractivity contribution in [1.29, 1.82) is 0 Å². The van der Waals surface area contributed by atoms with E-state index in [1.165, 1.54) is 59.2 Å². The van der Waals surface area contributed by atoms with Crippen molar-refractivity contribution in [1.82, 2.24) is 117 Å². The highest BCUT2D eigenvalue weighted by molar-refractivity contribution is 7.73. The first-order valence-corrected chi connectivity index (χ1v) is 67.4.